The molecule has 4 aromatic rings. The Morgan fingerprint density at radius 3 is 2.42 bits per heavy atom. The number of nitrogens with zero attached hydrogens (tertiary/aromatic N) is 4. The van der Waals surface area contributed by atoms with E-state index >= 15 is 0 Å². The molecular formula is C33H39N5O2. The van der Waals surface area contributed by atoms with Crippen LogP contribution >= 0.6 is 0 Å². The highest BCUT2D eigenvalue weighted by Crippen LogP contribution is 2.42. The van der Waals surface area contributed by atoms with Crippen LogP contribution < -0.4 is 15.0 Å². The molecule has 7 heteroatoms. The Kier molecular flexibility index (Phi) is 7.73. The van der Waals surface area contributed by atoms with Gasteiger partial charge >= 0.3 is 6.03 Å². The molecule has 3 heterocycles. The van der Waals surface area contributed by atoms with Gasteiger partial charge in [-0.05, 0) is 69.4 Å². The number of aromatic nitrogens is 2. The van der Waals surface area contributed by atoms with Crippen molar-refractivity contribution in [3.05, 3.63) is 90.3 Å². The number of ether oxygens (including phenoxy) is 1. The van der Waals surface area contributed by atoms with Crippen molar-refractivity contribution < 1.29 is 9.53 Å². The van der Waals surface area contributed by atoms with Crippen LogP contribution in [0.4, 0.5) is 10.5 Å². The maximum absolute atomic E-state index is 13.4. The van der Waals surface area contributed by atoms with Crippen LogP contribution in [-0.2, 0) is 6.54 Å². The van der Waals surface area contributed by atoms with Gasteiger partial charge in [-0.15, -0.1) is 0 Å². The van der Waals surface area contributed by atoms with Gasteiger partial charge < -0.3 is 14.6 Å². The van der Waals surface area contributed by atoms with Crippen LogP contribution in [0.3, 0.4) is 0 Å². The number of carbonyl (C=O) groups is 1. The lowest BCUT2D eigenvalue weighted by Gasteiger charge is -2.40. The third kappa shape index (κ3) is 5.30. The molecule has 2 saturated heterocycles. The van der Waals surface area contributed by atoms with Gasteiger partial charge in [0.1, 0.15) is 11.6 Å². The largest absolute Gasteiger partial charge is 0.496 e. The summed E-state index contributed by atoms with van der Waals surface area (Å²) >= 11 is 0. The van der Waals surface area contributed by atoms with Gasteiger partial charge in [0.15, 0.2) is 0 Å². The molecule has 0 aliphatic carbocycles. The van der Waals surface area contributed by atoms with Crippen molar-refractivity contribution in [2.45, 2.75) is 63.7 Å². The zero-order valence-corrected chi connectivity index (χ0v) is 23.5. The number of para-hydroxylation sites is 4. The lowest BCUT2D eigenvalue weighted by atomic mass is 9.96. The van der Waals surface area contributed by atoms with Crippen LogP contribution in [0.5, 0.6) is 5.75 Å². The zero-order valence-electron chi connectivity index (χ0n) is 23.5. The Labute approximate surface area is 236 Å². The Morgan fingerprint density at radius 2 is 1.65 bits per heavy atom. The van der Waals surface area contributed by atoms with Gasteiger partial charge in [-0.2, -0.15) is 0 Å². The molecule has 2 bridgehead atoms. The summed E-state index contributed by atoms with van der Waals surface area (Å²) in [5, 5.41) is 3.12. The van der Waals surface area contributed by atoms with E-state index in [1.54, 1.807) is 7.11 Å². The predicted octanol–water partition coefficient (Wildman–Crippen LogP) is 6.33. The second-order valence-corrected chi connectivity index (χ2v) is 11.1. The number of imidazole rings is 1. The molecule has 2 aliphatic rings. The van der Waals surface area contributed by atoms with E-state index in [4.69, 9.17) is 9.72 Å². The number of amides is 2. The minimum atomic E-state index is -0.0822. The smallest absolute Gasteiger partial charge is 0.322 e. The van der Waals surface area contributed by atoms with E-state index in [0.29, 0.717) is 31.2 Å². The average Bonchev–Trinajstić information content (AvgIpc) is 3.44. The van der Waals surface area contributed by atoms with E-state index in [2.05, 4.69) is 46.0 Å². The summed E-state index contributed by atoms with van der Waals surface area (Å²) in [4.78, 5) is 22.8. The first-order chi connectivity index (χ1) is 19.6. The Balaban J connectivity index is 1.09. The SMILES string of the molecule is COc1ccccc1CNC(=O)N(CCCN1C2CCC1CC(n1c(C)nc3ccccc31)C2)c1ccccc1. The number of carbonyl (C=O) groups excluding carboxylic acids is 1. The summed E-state index contributed by atoms with van der Waals surface area (Å²) in [6, 6.07) is 27.9. The Bertz CT molecular complexity index is 1440. The molecule has 2 aliphatic heterocycles. The lowest BCUT2D eigenvalue weighted by Crippen LogP contribution is -2.45. The average molecular weight is 538 g/mol. The molecule has 3 aromatic carbocycles. The summed E-state index contributed by atoms with van der Waals surface area (Å²) in [6.45, 7) is 4.25. The minimum absolute atomic E-state index is 0.0822. The number of rotatable bonds is 9. The van der Waals surface area contributed by atoms with E-state index in [1.165, 1.54) is 31.2 Å². The second kappa shape index (κ2) is 11.7. The number of piperidine rings is 1. The van der Waals surface area contributed by atoms with E-state index in [1.807, 2.05) is 59.5 Å². The van der Waals surface area contributed by atoms with Crippen molar-refractivity contribution in [1.29, 1.82) is 0 Å². The predicted molar refractivity (Wildman–Crippen MR) is 160 cm³/mol. The first-order valence-electron chi connectivity index (χ1n) is 14.5. The maximum atomic E-state index is 13.4. The molecule has 0 radical (unpaired) electrons. The van der Waals surface area contributed by atoms with Gasteiger partial charge in [0, 0.05) is 49.0 Å². The number of anilines is 1. The normalized spacial score (nSPS) is 20.5. The molecule has 2 atom stereocenters. The molecule has 1 N–H and O–H groups in total. The highest BCUT2D eigenvalue weighted by atomic mass is 16.5. The third-order valence-corrected chi connectivity index (χ3v) is 8.73. The van der Waals surface area contributed by atoms with Crippen LogP contribution in [0.1, 0.15) is 49.5 Å². The molecule has 40 heavy (non-hydrogen) atoms. The fourth-order valence-electron chi connectivity index (χ4n) is 6.93. The van der Waals surface area contributed by atoms with Gasteiger partial charge in [-0.25, -0.2) is 9.78 Å². The molecule has 2 unspecified atom stereocenters. The highest BCUT2D eigenvalue weighted by Gasteiger charge is 2.41. The summed E-state index contributed by atoms with van der Waals surface area (Å²) in [7, 11) is 1.66. The van der Waals surface area contributed by atoms with Crippen molar-refractivity contribution >= 4 is 22.8 Å². The van der Waals surface area contributed by atoms with Crippen molar-refractivity contribution in [2.75, 3.05) is 25.1 Å². The molecule has 6 rings (SSSR count). The number of urea groups is 1. The number of fused-ring (bicyclic) bond motifs is 3. The fourth-order valence-corrected chi connectivity index (χ4v) is 6.93. The number of hydrogen-bond donors (Lipinski definition) is 1. The van der Waals surface area contributed by atoms with Gasteiger partial charge in [0.25, 0.3) is 0 Å². The number of nitrogens with one attached hydrogen (secondary N) is 1. The molecular weight excluding hydrogens is 498 g/mol. The maximum Gasteiger partial charge on any atom is 0.322 e. The topological polar surface area (TPSA) is 62.6 Å². The van der Waals surface area contributed by atoms with Gasteiger partial charge in [0.2, 0.25) is 0 Å². The minimum Gasteiger partial charge on any atom is -0.496 e. The quantitative estimate of drug-likeness (QED) is 0.271. The standard InChI is InChI=1S/C33H39N5O2/c1-24-35-30-14-7-8-15-31(30)38(24)29-21-27-17-18-28(22-29)36(27)19-10-20-37(26-12-4-3-5-13-26)33(39)34-23-25-11-6-9-16-32(25)40-2/h3-9,11-16,27-29H,10,17-23H2,1-2H3,(H,34,39). The Morgan fingerprint density at radius 1 is 0.950 bits per heavy atom. The fraction of sp³-hybridized carbons (Fsp3) is 0.394. The summed E-state index contributed by atoms with van der Waals surface area (Å²) in [5.74, 6) is 1.91. The molecule has 2 fully saturated rings. The van der Waals surface area contributed by atoms with Crippen molar-refractivity contribution in [1.82, 2.24) is 19.8 Å². The number of methoxy groups -OCH3 is 1. The van der Waals surface area contributed by atoms with Crippen LogP contribution in [0.25, 0.3) is 11.0 Å². The number of hydrogen-bond acceptors (Lipinski definition) is 4. The van der Waals surface area contributed by atoms with E-state index in [-0.39, 0.29) is 6.03 Å². The molecule has 2 amide bonds. The van der Waals surface area contributed by atoms with Crippen molar-refractivity contribution in [2.24, 2.45) is 0 Å². The van der Waals surface area contributed by atoms with E-state index in [9.17, 15) is 4.79 Å². The van der Waals surface area contributed by atoms with Crippen molar-refractivity contribution in [3.63, 3.8) is 0 Å². The molecule has 0 saturated carbocycles. The zero-order chi connectivity index (χ0) is 27.5. The number of aryl methyl sites for hydroxylation is 1. The molecule has 1 aromatic heterocycles. The lowest BCUT2D eigenvalue weighted by molar-refractivity contribution is 0.107. The summed E-state index contributed by atoms with van der Waals surface area (Å²) in [6.07, 6.45) is 5.78. The van der Waals surface area contributed by atoms with Crippen LogP contribution in [0.15, 0.2) is 78.9 Å². The monoisotopic (exact) mass is 537 g/mol. The number of benzene rings is 3. The third-order valence-electron chi connectivity index (χ3n) is 8.73. The van der Waals surface area contributed by atoms with Crippen LogP contribution in [0, 0.1) is 6.92 Å². The summed E-state index contributed by atoms with van der Waals surface area (Å²) in [5.41, 5.74) is 4.24. The first kappa shape index (κ1) is 26.4. The van der Waals surface area contributed by atoms with Gasteiger partial charge in [0.05, 0.1) is 18.1 Å². The van der Waals surface area contributed by atoms with Crippen LogP contribution in [-0.4, -0.2) is 52.8 Å². The Hall–Kier alpha value is -3.84. The van der Waals surface area contributed by atoms with Crippen molar-refractivity contribution in [3.8, 4) is 5.75 Å². The second-order valence-electron chi connectivity index (χ2n) is 11.1. The molecule has 0 spiro atoms. The van der Waals surface area contributed by atoms with E-state index in [0.717, 1.165) is 41.3 Å². The highest BCUT2D eigenvalue weighted by molar-refractivity contribution is 5.91. The molecule has 208 valence electrons. The first-order valence-corrected chi connectivity index (χ1v) is 14.5. The summed E-state index contributed by atoms with van der Waals surface area (Å²) < 4.78 is 7.95. The van der Waals surface area contributed by atoms with Gasteiger partial charge in [-0.3, -0.25) is 9.80 Å². The van der Waals surface area contributed by atoms with Gasteiger partial charge in [-0.1, -0.05) is 48.5 Å². The molecule has 7 nitrogen and oxygen atoms in total. The van der Waals surface area contributed by atoms with E-state index < -0.39 is 0 Å². The van der Waals surface area contributed by atoms with Crippen LogP contribution in [0.2, 0.25) is 0 Å².